The van der Waals surface area contributed by atoms with E-state index in [1.807, 2.05) is 24.3 Å². The lowest BCUT2D eigenvalue weighted by atomic mass is 9.49. The third-order valence-corrected chi connectivity index (χ3v) is 7.11. The maximum absolute atomic E-state index is 13.5. The van der Waals surface area contributed by atoms with Crippen molar-refractivity contribution < 1.29 is 4.79 Å². The first kappa shape index (κ1) is 17.9. The second kappa shape index (κ2) is 6.16. The molecule has 1 N–H and O–H groups in total. The predicted octanol–water partition coefficient (Wildman–Crippen LogP) is 4.72. The first-order valence-corrected chi connectivity index (χ1v) is 10.7. The number of nitrogens with one attached hydrogen (secondary N) is 1. The second-order valence-corrected chi connectivity index (χ2v) is 10.4. The van der Waals surface area contributed by atoms with E-state index in [1.54, 1.807) is 10.9 Å². The highest BCUT2D eigenvalue weighted by Gasteiger charge is 2.54. The fourth-order valence-corrected chi connectivity index (χ4v) is 6.13. The van der Waals surface area contributed by atoms with Crippen LogP contribution in [0.3, 0.4) is 0 Å². The molecule has 2 aromatic rings. The lowest BCUT2D eigenvalue weighted by molar-refractivity contribution is -0.140. The molecular weight excluding hydrogens is 348 g/mol. The van der Waals surface area contributed by atoms with Gasteiger partial charge in [0.05, 0.1) is 11.1 Å². The van der Waals surface area contributed by atoms with Crippen LogP contribution in [0.4, 0.5) is 5.82 Å². The van der Waals surface area contributed by atoms with E-state index in [0.29, 0.717) is 0 Å². The van der Waals surface area contributed by atoms with E-state index < -0.39 is 0 Å². The molecule has 5 heteroatoms. The topological polar surface area (TPSA) is 59.8 Å². The molecule has 0 atom stereocenters. The Morgan fingerprint density at radius 3 is 2.29 bits per heavy atom. The quantitative estimate of drug-likeness (QED) is 0.841. The van der Waals surface area contributed by atoms with E-state index >= 15 is 0 Å². The van der Waals surface area contributed by atoms with Crippen molar-refractivity contribution in [3.05, 3.63) is 36.2 Å². The Balaban J connectivity index is 1.48. The monoisotopic (exact) mass is 378 g/mol. The number of nitrogens with zero attached hydrogens (tertiary/aromatic N) is 3. The van der Waals surface area contributed by atoms with Crippen molar-refractivity contribution >= 4 is 11.7 Å². The zero-order valence-electron chi connectivity index (χ0n) is 17.1. The molecule has 0 aromatic carbocycles. The minimum absolute atomic E-state index is 0.0970. The van der Waals surface area contributed by atoms with E-state index in [4.69, 9.17) is 5.10 Å². The minimum atomic E-state index is -0.171. The third kappa shape index (κ3) is 2.96. The molecule has 4 aliphatic carbocycles. The van der Waals surface area contributed by atoms with Gasteiger partial charge >= 0.3 is 0 Å². The van der Waals surface area contributed by atoms with Crippen molar-refractivity contribution in [3.8, 4) is 5.82 Å². The van der Waals surface area contributed by atoms with Gasteiger partial charge in [0.25, 0.3) is 0 Å². The summed E-state index contributed by atoms with van der Waals surface area (Å²) in [6.45, 7) is 6.42. The number of rotatable bonds is 3. The van der Waals surface area contributed by atoms with Gasteiger partial charge in [-0.3, -0.25) is 4.79 Å². The van der Waals surface area contributed by atoms with Crippen molar-refractivity contribution in [3.63, 3.8) is 0 Å². The maximum Gasteiger partial charge on any atom is 0.231 e. The molecule has 4 bridgehead atoms. The normalized spacial score (nSPS) is 31.2. The summed E-state index contributed by atoms with van der Waals surface area (Å²) in [6.07, 6.45) is 8.97. The fraction of sp³-hybridized carbons (Fsp3) is 0.609. The van der Waals surface area contributed by atoms with Crippen LogP contribution >= 0.6 is 0 Å². The number of carbonyl (C=O) groups is 1. The predicted molar refractivity (Wildman–Crippen MR) is 109 cm³/mol. The number of aromatic nitrogens is 3. The average Bonchev–Trinajstić information content (AvgIpc) is 3.05. The van der Waals surface area contributed by atoms with Crippen molar-refractivity contribution in [2.45, 2.75) is 64.7 Å². The van der Waals surface area contributed by atoms with Gasteiger partial charge in [-0.2, -0.15) is 9.78 Å². The first-order chi connectivity index (χ1) is 13.3. The molecule has 5 nitrogen and oxygen atoms in total. The van der Waals surface area contributed by atoms with Crippen LogP contribution in [0.5, 0.6) is 0 Å². The molecule has 0 unspecified atom stereocenters. The van der Waals surface area contributed by atoms with Gasteiger partial charge in [0.1, 0.15) is 5.82 Å². The molecule has 6 rings (SSSR count). The Labute approximate surface area is 166 Å². The largest absolute Gasteiger partial charge is 0.310 e. The Morgan fingerprint density at radius 2 is 1.75 bits per heavy atom. The van der Waals surface area contributed by atoms with E-state index in [1.165, 1.54) is 19.3 Å². The summed E-state index contributed by atoms with van der Waals surface area (Å²) < 4.78 is 1.79. The summed E-state index contributed by atoms with van der Waals surface area (Å²) in [7, 11) is 0. The average molecular weight is 379 g/mol. The van der Waals surface area contributed by atoms with Gasteiger partial charge < -0.3 is 5.32 Å². The van der Waals surface area contributed by atoms with E-state index in [2.05, 4.69) is 31.1 Å². The van der Waals surface area contributed by atoms with Gasteiger partial charge in [-0.1, -0.05) is 26.8 Å². The number of pyridine rings is 1. The highest BCUT2D eigenvalue weighted by Crippen LogP contribution is 2.60. The number of carbonyl (C=O) groups excluding carboxylic acids is 1. The van der Waals surface area contributed by atoms with Gasteiger partial charge in [-0.05, 0) is 68.4 Å². The molecule has 148 valence electrons. The molecule has 1 amide bonds. The molecule has 2 heterocycles. The SMILES string of the molecule is CC(C)(C)c1cc(NC(=O)C23CC4CC(CC(C4)C2)C3)n(-c2ccccn2)n1. The van der Waals surface area contributed by atoms with Crippen molar-refractivity contribution in [1.29, 1.82) is 0 Å². The highest BCUT2D eigenvalue weighted by atomic mass is 16.2. The Kier molecular flexibility index (Phi) is 3.94. The van der Waals surface area contributed by atoms with Crippen LogP contribution in [0, 0.1) is 23.2 Å². The van der Waals surface area contributed by atoms with Crippen molar-refractivity contribution in [1.82, 2.24) is 14.8 Å². The highest BCUT2D eigenvalue weighted by molar-refractivity contribution is 5.95. The smallest absolute Gasteiger partial charge is 0.231 e. The first-order valence-electron chi connectivity index (χ1n) is 10.7. The zero-order chi connectivity index (χ0) is 19.5. The van der Waals surface area contributed by atoms with Crippen LogP contribution in [0.15, 0.2) is 30.5 Å². The number of amides is 1. The molecule has 4 aliphatic rings. The lowest BCUT2D eigenvalue weighted by Gasteiger charge is -2.55. The molecule has 2 aromatic heterocycles. The number of hydrogen-bond donors (Lipinski definition) is 1. The Morgan fingerprint density at radius 1 is 1.11 bits per heavy atom. The molecule has 0 radical (unpaired) electrons. The summed E-state index contributed by atoms with van der Waals surface area (Å²) in [5.41, 5.74) is 0.690. The van der Waals surface area contributed by atoms with Crippen LogP contribution in [-0.4, -0.2) is 20.7 Å². The van der Waals surface area contributed by atoms with E-state index in [0.717, 1.165) is 54.3 Å². The molecule has 28 heavy (non-hydrogen) atoms. The fourth-order valence-electron chi connectivity index (χ4n) is 6.13. The van der Waals surface area contributed by atoms with Gasteiger partial charge in [-0.15, -0.1) is 0 Å². The molecule has 0 aliphatic heterocycles. The van der Waals surface area contributed by atoms with Crippen molar-refractivity contribution in [2.75, 3.05) is 5.32 Å². The minimum Gasteiger partial charge on any atom is -0.310 e. The summed E-state index contributed by atoms with van der Waals surface area (Å²) >= 11 is 0. The number of anilines is 1. The van der Waals surface area contributed by atoms with Crippen LogP contribution in [0.25, 0.3) is 5.82 Å². The molecule has 0 saturated heterocycles. The van der Waals surface area contributed by atoms with Crippen LogP contribution in [0.1, 0.15) is 65.0 Å². The van der Waals surface area contributed by atoms with Crippen molar-refractivity contribution in [2.24, 2.45) is 23.2 Å². The maximum atomic E-state index is 13.5. The van der Waals surface area contributed by atoms with Crippen LogP contribution in [0.2, 0.25) is 0 Å². The summed E-state index contributed by atoms with van der Waals surface area (Å²) in [5.74, 6) is 3.93. The molecule has 4 saturated carbocycles. The summed E-state index contributed by atoms with van der Waals surface area (Å²) in [4.78, 5) is 18.0. The van der Waals surface area contributed by atoms with Gasteiger partial charge in [0.2, 0.25) is 5.91 Å². The van der Waals surface area contributed by atoms with Crippen LogP contribution < -0.4 is 5.32 Å². The van der Waals surface area contributed by atoms with Gasteiger partial charge in [0.15, 0.2) is 5.82 Å². The zero-order valence-corrected chi connectivity index (χ0v) is 17.1. The third-order valence-electron chi connectivity index (χ3n) is 7.11. The Hall–Kier alpha value is -2.17. The Bertz CT molecular complexity index is 858. The van der Waals surface area contributed by atoms with Gasteiger partial charge in [-0.25, -0.2) is 4.98 Å². The van der Waals surface area contributed by atoms with E-state index in [9.17, 15) is 4.79 Å². The number of hydrogen-bond acceptors (Lipinski definition) is 3. The van der Waals surface area contributed by atoms with Crippen LogP contribution in [-0.2, 0) is 10.2 Å². The van der Waals surface area contributed by atoms with Gasteiger partial charge in [0, 0.05) is 17.7 Å². The summed E-state index contributed by atoms with van der Waals surface area (Å²) in [5, 5.41) is 8.07. The lowest BCUT2D eigenvalue weighted by Crippen LogP contribution is -2.51. The standard InChI is InChI=1S/C23H30N4O/c1-22(2,3)18-11-20(27(26-18)19-6-4-5-7-24-19)25-21(28)23-12-15-8-16(13-23)10-17(9-15)14-23/h4-7,11,15-17H,8-10,12-14H2,1-3H3,(H,25,28). The molecule has 0 spiro atoms. The second-order valence-electron chi connectivity index (χ2n) is 10.4. The van der Waals surface area contributed by atoms with E-state index in [-0.39, 0.29) is 16.7 Å². The molecule has 4 fully saturated rings. The molecular formula is C23H30N4O. The summed E-state index contributed by atoms with van der Waals surface area (Å²) in [6, 6.07) is 7.80.